The third kappa shape index (κ3) is 5.38. The van der Waals surface area contributed by atoms with Crippen LogP contribution in [0.4, 0.5) is 11.5 Å². The van der Waals surface area contributed by atoms with E-state index in [9.17, 15) is 9.59 Å². The Balaban J connectivity index is 1.70. The molecule has 0 aliphatic carbocycles. The molecular weight excluding hydrogens is 368 g/mol. The number of hydrogen-bond donors (Lipinski definition) is 2. The second-order valence-electron chi connectivity index (χ2n) is 6.35. The summed E-state index contributed by atoms with van der Waals surface area (Å²) in [6, 6.07) is 16.4. The van der Waals surface area contributed by atoms with Gasteiger partial charge >= 0.3 is 5.97 Å². The first kappa shape index (κ1) is 20.0. The molecule has 0 radical (unpaired) electrons. The third-order valence-electron chi connectivity index (χ3n) is 4.16. The zero-order chi connectivity index (χ0) is 20.6. The number of para-hydroxylation sites is 1. The second-order valence-corrected chi connectivity index (χ2v) is 6.35. The topological polar surface area (TPSA) is 93.2 Å². The van der Waals surface area contributed by atoms with E-state index in [2.05, 4.69) is 20.6 Å². The molecule has 1 aromatic heterocycles. The maximum Gasteiger partial charge on any atom is 0.340 e. The van der Waals surface area contributed by atoms with Crippen LogP contribution in [0.2, 0.25) is 0 Å². The predicted octanol–water partition coefficient (Wildman–Crippen LogP) is 3.83. The van der Waals surface area contributed by atoms with E-state index in [-0.39, 0.29) is 17.9 Å². The fourth-order valence-electron chi connectivity index (χ4n) is 2.64. The Hall–Kier alpha value is -3.74. The number of anilines is 2. The largest absolute Gasteiger partial charge is 0.462 e. The monoisotopic (exact) mass is 390 g/mol. The lowest BCUT2D eigenvalue weighted by Gasteiger charge is -2.11. The highest BCUT2D eigenvalue weighted by Gasteiger charge is 2.16. The second kappa shape index (κ2) is 9.45. The number of nitrogens with one attached hydrogen (secondary N) is 2. The number of esters is 1. The van der Waals surface area contributed by atoms with Crippen LogP contribution in [-0.4, -0.2) is 28.5 Å². The van der Waals surface area contributed by atoms with Crippen molar-refractivity contribution in [1.82, 2.24) is 9.97 Å². The van der Waals surface area contributed by atoms with Gasteiger partial charge in [-0.3, -0.25) is 4.79 Å². The van der Waals surface area contributed by atoms with Gasteiger partial charge < -0.3 is 15.4 Å². The number of hydrogen-bond acceptors (Lipinski definition) is 6. The Labute approximate surface area is 169 Å². The number of aryl methyl sites for hydroxylation is 1. The number of amides is 1. The molecule has 0 aliphatic rings. The van der Waals surface area contributed by atoms with Crippen LogP contribution in [0, 0.1) is 6.92 Å². The summed E-state index contributed by atoms with van der Waals surface area (Å²) < 4.78 is 5.03. The van der Waals surface area contributed by atoms with Crippen LogP contribution in [0.1, 0.15) is 38.9 Å². The lowest BCUT2D eigenvalue weighted by molar-refractivity contribution is 0.0527. The van der Waals surface area contributed by atoms with Gasteiger partial charge in [-0.05, 0) is 31.5 Å². The average molecular weight is 390 g/mol. The van der Waals surface area contributed by atoms with Crippen molar-refractivity contribution in [3.05, 3.63) is 83.3 Å². The smallest absolute Gasteiger partial charge is 0.340 e. The maximum atomic E-state index is 12.6. The summed E-state index contributed by atoms with van der Waals surface area (Å²) in [4.78, 5) is 32.9. The number of carbonyl (C=O) groups is 2. The van der Waals surface area contributed by atoms with Gasteiger partial charge in [-0.15, -0.1) is 0 Å². The van der Waals surface area contributed by atoms with Crippen LogP contribution in [0.25, 0.3) is 0 Å². The van der Waals surface area contributed by atoms with Gasteiger partial charge in [0.05, 0.1) is 17.9 Å². The van der Waals surface area contributed by atoms with Crippen molar-refractivity contribution in [2.75, 3.05) is 17.2 Å². The van der Waals surface area contributed by atoms with Gasteiger partial charge in [-0.25, -0.2) is 14.8 Å². The van der Waals surface area contributed by atoms with E-state index in [1.165, 1.54) is 11.9 Å². The maximum absolute atomic E-state index is 12.6. The van der Waals surface area contributed by atoms with Crippen molar-refractivity contribution in [2.24, 2.45) is 0 Å². The zero-order valence-corrected chi connectivity index (χ0v) is 16.3. The van der Waals surface area contributed by atoms with Crippen molar-refractivity contribution in [3.8, 4) is 0 Å². The molecule has 0 unspecified atom stereocenters. The molecule has 0 fully saturated rings. The molecule has 0 saturated heterocycles. The molecule has 2 N–H and O–H groups in total. The summed E-state index contributed by atoms with van der Waals surface area (Å²) in [7, 11) is 0. The van der Waals surface area contributed by atoms with Gasteiger partial charge in [0.25, 0.3) is 5.91 Å². The van der Waals surface area contributed by atoms with Crippen LogP contribution in [0.5, 0.6) is 0 Å². The molecule has 2 aromatic carbocycles. The van der Waals surface area contributed by atoms with Gasteiger partial charge in [0.2, 0.25) is 0 Å². The summed E-state index contributed by atoms with van der Waals surface area (Å²) in [6.45, 7) is 4.59. The summed E-state index contributed by atoms with van der Waals surface area (Å²) in [5.74, 6) is -0.404. The van der Waals surface area contributed by atoms with Crippen molar-refractivity contribution in [1.29, 1.82) is 0 Å². The van der Waals surface area contributed by atoms with Crippen LogP contribution in [-0.2, 0) is 11.3 Å². The number of nitrogens with zero attached hydrogens (tertiary/aromatic N) is 2. The van der Waals surface area contributed by atoms with Gasteiger partial charge in [0, 0.05) is 12.6 Å². The van der Waals surface area contributed by atoms with E-state index in [1.54, 1.807) is 37.3 Å². The van der Waals surface area contributed by atoms with Crippen LogP contribution < -0.4 is 10.6 Å². The van der Waals surface area contributed by atoms with Gasteiger partial charge in [0.15, 0.2) is 0 Å². The molecule has 7 heteroatoms. The number of carbonyl (C=O) groups excluding carboxylic acids is 2. The standard InChI is InChI=1S/C22H22N4O3/c1-3-29-22(28)17-6-4-5-7-18(17)26-21(27)19-12-20(25-14-24-19)23-13-16-10-8-15(2)9-11-16/h4-12,14H,3,13H2,1-2H3,(H,26,27)(H,23,24,25). The Morgan fingerprint density at radius 2 is 1.79 bits per heavy atom. The number of aromatic nitrogens is 2. The van der Waals surface area contributed by atoms with Crippen LogP contribution >= 0.6 is 0 Å². The van der Waals surface area contributed by atoms with E-state index >= 15 is 0 Å². The molecule has 0 aliphatic heterocycles. The van der Waals surface area contributed by atoms with Gasteiger partial charge in [-0.1, -0.05) is 42.0 Å². The summed E-state index contributed by atoms with van der Waals surface area (Å²) >= 11 is 0. The summed E-state index contributed by atoms with van der Waals surface area (Å²) in [5.41, 5.74) is 3.13. The number of ether oxygens (including phenoxy) is 1. The molecule has 0 atom stereocenters. The minimum Gasteiger partial charge on any atom is -0.462 e. The predicted molar refractivity (Wildman–Crippen MR) is 111 cm³/mol. The normalized spacial score (nSPS) is 10.3. The van der Waals surface area contributed by atoms with Crippen molar-refractivity contribution in [3.63, 3.8) is 0 Å². The molecule has 1 heterocycles. The minimum absolute atomic E-state index is 0.185. The molecule has 29 heavy (non-hydrogen) atoms. The van der Waals surface area contributed by atoms with Gasteiger partial charge in [-0.2, -0.15) is 0 Å². The van der Waals surface area contributed by atoms with Crippen LogP contribution in [0.15, 0.2) is 60.9 Å². The first-order chi connectivity index (χ1) is 14.1. The van der Waals surface area contributed by atoms with E-state index in [1.807, 2.05) is 31.2 Å². The lowest BCUT2D eigenvalue weighted by atomic mass is 10.1. The SMILES string of the molecule is CCOC(=O)c1ccccc1NC(=O)c1cc(NCc2ccc(C)cc2)ncn1. The molecule has 7 nitrogen and oxygen atoms in total. The zero-order valence-electron chi connectivity index (χ0n) is 16.3. The van der Waals surface area contributed by atoms with Crippen LogP contribution in [0.3, 0.4) is 0 Å². The molecule has 1 amide bonds. The molecule has 3 aromatic rings. The van der Waals surface area contributed by atoms with E-state index in [0.717, 1.165) is 5.56 Å². The molecule has 0 saturated carbocycles. The first-order valence-electron chi connectivity index (χ1n) is 9.25. The molecule has 0 bridgehead atoms. The quantitative estimate of drug-likeness (QED) is 0.596. The number of rotatable bonds is 7. The average Bonchev–Trinajstić information content (AvgIpc) is 2.74. The number of benzene rings is 2. The van der Waals surface area contributed by atoms with E-state index in [4.69, 9.17) is 4.74 Å². The molecule has 3 rings (SSSR count). The summed E-state index contributed by atoms with van der Waals surface area (Å²) in [5, 5.41) is 5.90. The van der Waals surface area contributed by atoms with E-state index in [0.29, 0.717) is 18.1 Å². The fraction of sp³-hybridized carbons (Fsp3) is 0.182. The third-order valence-corrected chi connectivity index (χ3v) is 4.16. The van der Waals surface area contributed by atoms with E-state index < -0.39 is 11.9 Å². The first-order valence-corrected chi connectivity index (χ1v) is 9.25. The highest BCUT2D eigenvalue weighted by Crippen LogP contribution is 2.17. The minimum atomic E-state index is -0.494. The Bertz CT molecular complexity index is 1000. The van der Waals surface area contributed by atoms with Crippen molar-refractivity contribution >= 4 is 23.4 Å². The molecule has 148 valence electrons. The molecule has 0 spiro atoms. The highest BCUT2D eigenvalue weighted by molar-refractivity contribution is 6.07. The highest BCUT2D eigenvalue weighted by atomic mass is 16.5. The lowest BCUT2D eigenvalue weighted by Crippen LogP contribution is -2.17. The van der Waals surface area contributed by atoms with Crippen molar-refractivity contribution < 1.29 is 14.3 Å². The Kier molecular flexibility index (Phi) is 6.52. The fourth-order valence-corrected chi connectivity index (χ4v) is 2.64. The van der Waals surface area contributed by atoms with Crippen molar-refractivity contribution in [2.45, 2.75) is 20.4 Å². The van der Waals surface area contributed by atoms with Gasteiger partial charge in [0.1, 0.15) is 17.8 Å². The Morgan fingerprint density at radius 1 is 1.03 bits per heavy atom. The molecular formula is C22H22N4O3. The summed E-state index contributed by atoms with van der Waals surface area (Å²) in [6.07, 6.45) is 1.32. The Morgan fingerprint density at radius 3 is 2.55 bits per heavy atom.